The molecule has 0 spiro atoms. The van der Waals surface area contributed by atoms with Crippen molar-refractivity contribution in [3.8, 4) is 0 Å². The molecule has 0 saturated heterocycles. The van der Waals surface area contributed by atoms with Crippen LogP contribution in [0.5, 0.6) is 0 Å². The van der Waals surface area contributed by atoms with Crippen LogP contribution in [0.4, 0.5) is 14.5 Å². The second-order valence-electron chi connectivity index (χ2n) is 5.38. The quantitative estimate of drug-likeness (QED) is 0.918. The van der Waals surface area contributed by atoms with Crippen molar-refractivity contribution < 1.29 is 22.0 Å². The Morgan fingerprint density at radius 2 is 1.62 bits per heavy atom. The van der Waals surface area contributed by atoms with E-state index in [1.807, 2.05) is 0 Å². The van der Waals surface area contributed by atoms with E-state index < -0.39 is 27.6 Å². The number of hydrogen-bond acceptors (Lipinski definition) is 3. The number of anilines is 1. The first kappa shape index (κ1) is 18.0. The van der Waals surface area contributed by atoms with Gasteiger partial charge in [0.15, 0.2) is 0 Å². The predicted octanol–water partition coefficient (Wildman–Crippen LogP) is 2.78. The summed E-state index contributed by atoms with van der Waals surface area (Å²) in [6, 6.07) is 6.80. The number of carbonyl (C=O) groups excluding carboxylic acids is 1. The van der Waals surface area contributed by atoms with E-state index in [2.05, 4.69) is 5.32 Å². The second-order valence-corrected chi connectivity index (χ2v) is 7.50. The number of sulfonamides is 1. The molecule has 8 heteroatoms. The van der Waals surface area contributed by atoms with Crippen molar-refractivity contribution >= 4 is 21.6 Å². The fourth-order valence-corrected chi connectivity index (χ4v) is 3.18. The molecule has 2 aromatic rings. The molecule has 0 aliphatic heterocycles. The average molecular weight is 354 g/mol. The van der Waals surface area contributed by atoms with Crippen LogP contribution >= 0.6 is 0 Å². The minimum Gasteiger partial charge on any atom is -0.322 e. The van der Waals surface area contributed by atoms with Gasteiger partial charge in [-0.3, -0.25) is 4.79 Å². The molecule has 0 heterocycles. The van der Waals surface area contributed by atoms with Gasteiger partial charge in [-0.05, 0) is 36.8 Å². The van der Waals surface area contributed by atoms with E-state index >= 15 is 0 Å². The Hall–Kier alpha value is -2.32. The normalized spacial score (nSPS) is 11.6. The summed E-state index contributed by atoms with van der Waals surface area (Å²) in [5, 5.41) is 2.44. The monoisotopic (exact) mass is 354 g/mol. The van der Waals surface area contributed by atoms with Crippen LogP contribution in [0.1, 0.15) is 15.9 Å². The van der Waals surface area contributed by atoms with E-state index in [9.17, 15) is 22.0 Å². The zero-order valence-electron chi connectivity index (χ0n) is 13.3. The zero-order chi connectivity index (χ0) is 18.1. The lowest BCUT2D eigenvalue weighted by molar-refractivity contribution is 0.102. The minimum atomic E-state index is -3.68. The Balaban J connectivity index is 2.36. The summed E-state index contributed by atoms with van der Waals surface area (Å²) in [5.41, 5.74) is 0.513. The van der Waals surface area contributed by atoms with E-state index in [4.69, 9.17) is 0 Å². The van der Waals surface area contributed by atoms with Gasteiger partial charge in [-0.2, -0.15) is 0 Å². The van der Waals surface area contributed by atoms with Crippen molar-refractivity contribution in [3.05, 3.63) is 59.2 Å². The molecule has 0 bridgehead atoms. The van der Waals surface area contributed by atoms with Crippen molar-refractivity contribution in [2.75, 3.05) is 19.4 Å². The number of amides is 1. The summed E-state index contributed by atoms with van der Waals surface area (Å²) in [6.07, 6.45) is 0. The van der Waals surface area contributed by atoms with Gasteiger partial charge in [-0.15, -0.1) is 0 Å². The topological polar surface area (TPSA) is 66.5 Å². The number of aryl methyl sites for hydroxylation is 1. The van der Waals surface area contributed by atoms with Gasteiger partial charge in [-0.25, -0.2) is 21.5 Å². The Labute approximate surface area is 139 Å². The molecule has 1 amide bonds. The van der Waals surface area contributed by atoms with E-state index in [1.165, 1.54) is 32.3 Å². The summed E-state index contributed by atoms with van der Waals surface area (Å²) in [4.78, 5) is 12.1. The van der Waals surface area contributed by atoms with Crippen LogP contribution in [0, 0.1) is 18.6 Å². The van der Waals surface area contributed by atoms with Crippen LogP contribution in [0.3, 0.4) is 0 Å². The van der Waals surface area contributed by atoms with Gasteiger partial charge in [0.05, 0.1) is 4.90 Å². The largest absolute Gasteiger partial charge is 0.322 e. The maximum absolute atomic E-state index is 13.2. The van der Waals surface area contributed by atoms with E-state index in [-0.39, 0.29) is 16.1 Å². The summed E-state index contributed by atoms with van der Waals surface area (Å²) in [5.74, 6) is -2.50. The highest BCUT2D eigenvalue weighted by Crippen LogP contribution is 2.23. The number of carbonyl (C=O) groups is 1. The average Bonchev–Trinajstić information content (AvgIpc) is 2.47. The predicted molar refractivity (Wildman–Crippen MR) is 86.4 cm³/mol. The molecule has 5 nitrogen and oxygen atoms in total. The van der Waals surface area contributed by atoms with Crippen molar-refractivity contribution in [2.45, 2.75) is 11.8 Å². The van der Waals surface area contributed by atoms with Crippen LogP contribution in [0.2, 0.25) is 0 Å². The Kier molecular flexibility index (Phi) is 5.00. The van der Waals surface area contributed by atoms with Gasteiger partial charge in [0.25, 0.3) is 5.91 Å². The van der Waals surface area contributed by atoms with Crippen LogP contribution in [-0.2, 0) is 10.0 Å². The number of hydrogen-bond donors (Lipinski definition) is 1. The molecular weight excluding hydrogens is 338 g/mol. The second kappa shape index (κ2) is 6.66. The maximum Gasteiger partial charge on any atom is 0.255 e. The van der Waals surface area contributed by atoms with E-state index in [0.29, 0.717) is 11.6 Å². The minimum absolute atomic E-state index is 0.0377. The number of rotatable bonds is 4. The third-order valence-electron chi connectivity index (χ3n) is 3.33. The lowest BCUT2D eigenvalue weighted by Gasteiger charge is -2.15. The molecular formula is C16H16F2N2O3S. The van der Waals surface area contributed by atoms with Gasteiger partial charge in [0.1, 0.15) is 11.6 Å². The highest BCUT2D eigenvalue weighted by Gasteiger charge is 2.20. The summed E-state index contributed by atoms with van der Waals surface area (Å²) >= 11 is 0. The molecule has 128 valence electrons. The van der Waals surface area contributed by atoms with Crippen molar-refractivity contribution in [1.29, 1.82) is 0 Å². The van der Waals surface area contributed by atoms with Crippen molar-refractivity contribution in [3.63, 3.8) is 0 Å². The van der Waals surface area contributed by atoms with Crippen LogP contribution < -0.4 is 5.32 Å². The maximum atomic E-state index is 13.2. The molecule has 0 aliphatic carbocycles. The lowest BCUT2D eigenvalue weighted by Crippen LogP contribution is -2.23. The number of benzene rings is 2. The molecule has 0 atom stereocenters. The van der Waals surface area contributed by atoms with Gasteiger partial charge in [0, 0.05) is 31.4 Å². The molecule has 2 aromatic carbocycles. The first-order chi connectivity index (χ1) is 11.1. The summed E-state index contributed by atoms with van der Waals surface area (Å²) < 4.78 is 52.0. The van der Waals surface area contributed by atoms with Crippen LogP contribution in [0.15, 0.2) is 41.3 Å². The van der Waals surface area contributed by atoms with Gasteiger partial charge >= 0.3 is 0 Å². The first-order valence-corrected chi connectivity index (χ1v) is 8.36. The molecule has 0 aromatic heterocycles. The van der Waals surface area contributed by atoms with Gasteiger partial charge in [-0.1, -0.05) is 6.07 Å². The molecule has 0 fully saturated rings. The lowest BCUT2D eigenvalue weighted by atomic mass is 10.2. The molecule has 1 N–H and O–H groups in total. The Bertz CT molecular complexity index is 876. The zero-order valence-corrected chi connectivity index (χ0v) is 14.1. The molecule has 0 aliphatic rings. The standard InChI is InChI=1S/C16H16F2N2O3S/c1-10-4-5-14(9-15(10)24(22,23)20(2)3)19-16(21)11-6-12(17)8-13(18)7-11/h4-9H,1-3H3,(H,19,21). The molecule has 0 radical (unpaired) electrons. The fourth-order valence-electron chi connectivity index (χ4n) is 2.04. The van der Waals surface area contributed by atoms with E-state index in [0.717, 1.165) is 16.4 Å². The Morgan fingerprint density at radius 1 is 1.04 bits per heavy atom. The van der Waals surface area contributed by atoms with Gasteiger partial charge in [0.2, 0.25) is 10.0 Å². The molecule has 2 rings (SSSR count). The van der Waals surface area contributed by atoms with Crippen LogP contribution in [-0.4, -0.2) is 32.7 Å². The molecule has 24 heavy (non-hydrogen) atoms. The fraction of sp³-hybridized carbons (Fsp3) is 0.188. The first-order valence-electron chi connectivity index (χ1n) is 6.92. The highest BCUT2D eigenvalue weighted by molar-refractivity contribution is 7.89. The van der Waals surface area contributed by atoms with Crippen molar-refractivity contribution in [1.82, 2.24) is 4.31 Å². The van der Waals surface area contributed by atoms with Gasteiger partial charge < -0.3 is 5.32 Å². The highest BCUT2D eigenvalue weighted by atomic mass is 32.2. The molecule has 0 unspecified atom stereocenters. The summed E-state index contributed by atoms with van der Waals surface area (Å²) in [7, 11) is -0.885. The Morgan fingerprint density at radius 3 is 2.17 bits per heavy atom. The number of halogens is 2. The number of nitrogens with zero attached hydrogens (tertiary/aromatic N) is 1. The van der Waals surface area contributed by atoms with Crippen LogP contribution in [0.25, 0.3) is 0 Å². The SMILES string of the molecule is Cc1ccc(NC(=O)c2cc(F)cc(F)c2)cc1S(=O)(=O)N(C)C. The van der Waals surface area contributed by atoms with E-state index in [1.54, 1.807) is 6.92 Å². The van der Waals surface area contributed by atoms with Crippen molar-refractivity contribution in [2.24, 2.45) is 0 Å². The molecule has 0 saturated carbocycles. The third-order valence-corrected chi connectivity index (χ3v) is 5.29. The third kappa shape index (κ3) is 3.77. The number of nitrogens with one attached hydrogen (secondary N) is 1. The summed E-state index contributed by atoms with van der Waals surface area (Å²) in [6.45, 7) is 1.63. The smallest absolute Gasteiger partial charge is 0.255 e.